The summed E-state index contributed by atoms with van der Waals surface area (Å²) in [6.45, 7) is 4.74. The zero-order valence-corrected chi connectivity index (χ0v) is 12.0. The highest BCUT2D eigenvalue weighted by Crippen LogP contribution is 2.16. The average Bonchev–Trinajstić information content (AvgIpc) is 2.43. The Morgan fingerprint density at radius 1 is 1.30 bits per heavy atom. The Balaban J connectivity index is 2.08. The molecule has 1 aromatic carbocycles. The fourth-order valence-corrected chi connectivity index (χ4v) is 2.31. The van der Waals surface area contributed by atoms with Crippen LogP contribution in [0.1, 0.15) is 30.6 Å². The average molecular weight is 271 g/mol. The molecule has 0 spiro atoms. The first-order valence-electron chi connectivity index (χ1n) is 6.95. The van der Waals surface area contributed by atoms with E-state index in [1.165, 1.54) is 0 Å². The predicted molar refractivity (Wildman–Crippen MR) is 81.5 cm³/mol. The Bertz CT molecular complexity index is 590. The van der Waals surface area contributed by atoms with E-state index in [1.54, 1.807) is 6.20 Å². The lowest BCUT2D eigenvalue weighted by molar-refractivity contribution is 0.0951. The van der Waals surface area contributed by atoms with Gasteiger partial charge in [-0.15, -0.1) is 0 Å². The van der Waals surface area contributed by atoms with Crippen LogP contribution in [0.25, 0.3) is 10.9 Å². The Labute approximate surface area is 119 Å². The van der Waals surface area contributed by atoms with Crippen molar-refractivity contribution in [2.24, 2.45) is 11.7 Å². The monoisotopic (exact) mass is 271 g/mol. The number of fused-ring (bicyclic) bond motifs is 1. The summed E-state index contributed by atoms with van der Waals surface area (Å²) in [5.74, 6) is 0.437. The number of nitrogens with one attached hydrogen (secondary N) is 1. The third kappa shape index (κ3) is 3.54. The quantitative estimate of drug-likeness (QED) is 0.877. The standard InChI is InChI=1S/C16H21N3O/c1-11(2)9-12(17)10-19-16(20)14-5-3-7-15-13(14)6-4-8-18-15/h3-8,11-12H,9-10,17H2,1-2H3,(H,19,20). The number of nitrogens with zero attached hydrogens (tertiary/aromatic N) is 1. The molecule has 1 amide bonds. The maximum Gasteiger partial charge on any atom is 0.252 e. The van der Waals surface area contributed by atoms with Crippen molar-refractivity contribution in [2.45, 2.75) is 26.3 Å². The maximum absolute atomic E-state index is 12.3. The molecule has 106 valence electrons. The number of pyridine rings is 1. The molecule has 0 aliphatic heterocycles. The Morgan fingerprint density at radius 2 is 2.10 bits per heavy atom. The molecule has 4 heteroatoms. The first-order valence-corrected chi connectivity index (χ1v) is 6.95. The zero-order valence-electron chi connectivity index (χ0n) is 12.0. The van der Waals surface area contributed by atoms with Crippen molar-refractivity contribution < 1.29 is 4.79 Å². The van der Waals surface area contributed by atoms with Gasteiger partial charge in [-0.25, -0.2) is 0 Å². The second-order valence-electron chi connectivity index (χ2n) is 5.48. The van der Waals surface area contributed by atoms with Gasteiger partial charge in [0.25, 0.3) is 5.91 Å². The van der Waals surface area contributed by atoms with E-state index in [0.717, 1.165) is 17.3 Å². The van der Waals surface area contributed by atoms with Gasteiger partial charge in [0, 0.05) is 29.7 Å². The molecule has 1 unspecified atom stereocenters. The van der Waals surface area contributed by atoms with Crippen LogP contribution in [0.3, 0.4) is 0 Å². The number of aromatic nitrogens is 1. The largest absolute Gasteiger partial charge is 0.350 e. The zero-order chi connectivity index (χ0) is 14.5. The molecule has 0 saturated heterocycles. The Morgan fingerprint density at radius 3 is 2.85 bits per heavy atom. The van der Waals surface area contributed by atoms with Crippen LogP contribution in [0, 0.1) is 5.92 Å². The highest BCUT2D eigenvalue weighted by atomic mass is 16.1. The van der Waals surface area contributed by atoms with Crippen LogP contribution in [0.2, 0.25) is 0 Å². The van der Waals surface area contributed by atoms with Gasteiger partial charge in [-0.3, -0.25) is 9.78 Å². The van der Waals surface area contributed by atoms with Crippen molar-refractivity contribution in [1.82, 2.24) is 10.3 Å². The van der Waals surface area contributed by atoms with Gasteiger partial charge in [-0.1, -0.05) is 26.0 Å². The molecule has 4 nitrogen and oxygen atoms in total. The van der Waals surface area contributed by atoms with Crippen LogP contribution < -0.4 is 11.1 Å². The summed E-state index contributed by atoms with van der Waals surface area (Å²) in [5.41, 5.74) is 7.46. The van der Waals surface area contributed by atoms with Gasteiger partial charge in [0.15, 0.2) is 0 Å². The molecular weight excluding hydrogens is 250 g/mol. The summed E-state index contributed by atoms with van der Waals surface area (Å²) in [6.07, 6.45) is 2.62. The third-order valence-corrected chi connectivity index (χ3v) is 3.19. The smallest absolute Gasteiger partial charge is 0.252 e. The minimum absolute atomic E-state index is 0.00736. The Hall–Kier alpha value is -1.94. The number of hydrogen-bond donors (Lipinski definition) is 2. The topological polar surface area (TPSA) is 68.0 Å². The highest BCUT2D eigenvalue weighted by molar-refractivity contribution is 6.06. The fraction of sp³-hybridized carbons (Fsp3) is 0.375. The van der Waals surface area contributed by atoms with Crippen LogP contribution in [-0.4, -0.2) is 23.5 Å². The van der Waals surface area contributed by atoms with E-state index in [4.69, 9.17) is 5.73 Å². The molecule has 1 atom stereocenters. The summed E-state index contributed by atoms with van der Waals surface area (Å²) in [6, 6.07) is 9.30. The summed E-state index contributed by atoms with van der Waals surface area (Å²) < 4.78 is 0. The van der Waals surface area contributed by atoms with Crippen LogP contribution >= 0.6 is 0 Å². The number of amides is 1. The van der Waals surface area contributed by atoms with Crippen molar-refractivity contribution in [3.05, 3.63) is 42.1 Å². The Kier molecular flexibility index (Phi) is 4.69. The van der Waals surface area contributed by atoms with Gasteiger partial charge in [-0.05, 0) is 30.5 Å². The van der Waals surface area contributed by atoms with Crippen molar-refractivity contribution in [2.75, 3.05) is 6.54 Å². The van der Waals surface area contributed by atoms with Crippen molar-refractivity contribution in [3.8, 4) is 0 Å². The van der Waals surface area contributed by atoms with E-state index in [1.807, 2.05) is 30.3 Å². The van der Waals surface area contributed by atoms with Gasteiger partial charge in [-0.2, -0.15) is 0 Å². The van der Waals surface area contributed by atoms with Crippen molar-refractivity contribution >= 4 is 16.8 Å². The summed E-state index contributed by atoms with van der Waals surface area (Å²) >= 11 is 0. The number of rotatable bonds is 5. The molecule has 0 radical (unpaired) electrons. The van der Waals surface area contributed by atoms with E-state index >= 15 is 0 Å². The molecule has 1 heterocycles. The van der Waals surface area contributed by atoms with E-state index in [9.17, 15) is 4.79 Å². The van der Waals surface area contributed by atoms with Crippen LogP contribution in [0.5, 0.6) is 0 Å². The first-order chi connectivity index (χ1) is 9.58. The molecule has 0 saturated carbocycles. The molecular formula is C16H21N3O. The van der Waals surface area contributed by atoms with Gasteiger partial charge in [0.1, 0.15) is 0 Å². The van der Waals surface area contributed by atoms with Gasteiger partial charge in [0.2, 0.25) is 0 Å². The number of carbonyl (C=O) groups is 1. The molecule has 1 aromatic heterocycles. The number of carbonyl (C=O) groups excluding carboxylic acids is 1. The molecule has 0 aliphatic rings. The second kappa shape index (κ2) is 6.48. The molecule has 2 rings (SSSR count). The van der Waals surface area contributed by atoms with E-state index in [2.05, 4.69) is 24.1 Å². The van der Waals surface area contributed by atoms with Crippen LogP contribution in [-0.2, 0) is 0 Å². The van der Waals surface area contributed by atoms with Gasteiger partial charge in [0.05, 0.1) is 5.52 Å². The third-order valence-electron chi connectivity index (χ3n) is 3.19. The molecule has 3 N–H and O–H groups in total. The normalized spacial score (nSPS) is 12.6. The maximum atomic E-state index is 12.3. The van der Waals surface area contributed by atoms with Gasteiger partial charge >= 0.3 is 0 Å². The SMILES string of the molecule is CC(C)CC(N)CNC(=O)c1cccc2ncccc12. The highest BCUT2D eigenvalue weighted by Gasteiger charge is 2.12. The van der Waals surface area contributed by atoms with Gasteiger partial charge < -0.3 is 11.1 Å². The summed E-state index contributed by atoms with van der Waals surface area (Å²) in [7, 11) is 0. The molecule has 0 fully saturated rings. The summed E-state index contributed by atoms with van der Waals surface area (Å²) in [5, 5.41) is 3.77. The second-order valence-corrected chi connectivity index (χ2v) is 5.48. The number of benzene rings is 1. The lowest BCUT2D eigenvalue weighted by Crippen LogP contribution is -2.38. The molecule has 0 aliphatic carbocycles. The van der Waals surface area contributed by atoms with E-state index in [0.29, 0.717) is 18.0 Å². The molecule has 20 heavy (non-hydrogen) atoms. The van der Waals surface area contributed by atoms with E-state index in [-0.39, 0.29) is 11.9 Å². The lowest BCUT2D eigenvalue weighted by Gasteiger charge is -2.15. The predicted octanol–water partition coefficient (Wildman–Crippen LogP) is 2.34. The van der Waals surface area contributed by atoms with Crippen LogP contribution in [0.15, 0.2) is 36.5 Å². The summed E-state index contributed by atoms with van der Waals surface area (Å²) in [4.78, 5) is 16.5. The molecule has 2 aromatic rings. The fourth-order valence-electron chi connectivity index (χ4n) is 2.31. The molecule has 0 bridgehead atoms. The minimum atomic E-state index is -0.0946. The van der Waals surface area contributed by atoms with Crippen molar-refractivity contribution in [3.63, 3.8) is 0 Å². The lowest BCUT2D eigenvalue weighted by atomic mass is 10.0. The van der Waals surface area contributed by atoms with Crippen LogP contribution in [0.4, 0.5) is 0 Å². The minimum Gasteiger partial charge on any atom is -0.350 e. The first kappa shape index (κ1) is 14.5. The number of hydrogen-bond acceptors (Lipinski definition) is 3. The van der Waals surface area contributed by atoms with E-state index < -0.39 is 0 Å². The van der Waals surface area contributed by atoms with Crippen molar-refractivity contribution in [1.29, 1.82) is 0 Å². The number of nitrogens with two attached hydrogens (primary N) is 1.